The first-order chi connectivity index (χ1) is 13.4. The van der Waals surface area contributed by atoms with Crippen LogP contribution in [0.1, 0.15) is 45.1 Å². The second kappa shape index (κ2) is 10.9. The van der Waals surface area contributed by atoms with Crippen LogP contribution < -0.4 is 5.32 Å². The molecule has 1 N–H and O–H groups in total. The van der Waals surface area contributed by atoms with Crippen LogP contribution in [0.25, 0.3) is 0 Å². The van der Waals surface area contributed by atoms with E-state index in [9.17, 15) is 13.2 Å². The van der Waals surface area contributed by atoms with Gasteiger partial charge < -0.3 is 10.2 Å². The fraction of sp³-hybridized carbons (Fsp3) is 0.667. The van der Waals surface area contributed by atoms with Crippen molar-refractivity contribution < 1.29 is 13.2 Å². The smallest absolute Gasteiger partial charge is 0.243 e. The van der Waals surface area contributed by atoms with E-state index >= 15 is 0 Å². The lowest BCUT2D eigenvalue weighted by Crippen LogP contribution is -2.39. The molecule has 0 spiro atoms. The summed E-state index contributed by atoms with van der Waals surface area (Å²) in [5.41, 5.74) is 1.04. The standard InChI is InChI=1S/C21H35N3O3S/c1-4-23(5-2)14-6-13-22-21(25)17-19-11-15-24(16-12-19)28(26,27)20-9-7-18(3)8-10-20/h7-10,19H,4-6,11-17H2,1-3H3,(H,22,25). The van der Waals surface area contributed by atoms with Gasteiger partial charge in [-0.15, -0.1) is 0 Å². The van der Waals surface area contributed by atoms with Crippen molar-refractivity contribution in [1.29, 1.82) is 0 Å². The molecule has 1 aromatic rings. The summed E-state index contributed by atoms with van der Waals surface area (Å²) in [6, 6.07) is 6.99. The van der Waals surface area contributed by atoms with Gasteiger partial charge in [-0.1, -0.05) is 31.5 Å². The van der Waals surface area contributed by atoms with E-state index in [4.69, 9.17) is 0 Å². The number of sulfonamides is 1. The number of hydrogen-bond donors (Lipinski definition) is 1. The molecule has 2 rings (SSSR count). The Kier molecular flexibility index (Phi) is 8.92. The normalized spacial score (nSPS) is 16.4. The molecular weight excluding hydrogens is 374 g/mol. The highest BCUT2D eigenvalue weighted by molar-refractivity contribution is 7.89. The number of carbonyl (C=O) groups is 1. The maximum Gasteiger partial charge on any atom is 0.243 e. The van der Waals surface area contributed by atoms with Crippen LogP contribution in [0.2, 0.25) is 0 Å². The molecule has 0 saturated carbocycles. The van der Waals surface area contributed by atoms with Gasteiger partial charge in [0.2, 0.25) is 15.9 Å². The highest BCUT2D eigenvalue weighted by Gasteiger charge is 2.30. The van der Waals surface area contributed by atoms with Crippen molar-refractivity contribution in [2.45, 2.75) is 51.3 Å². The molecule has 0 atom stereocenters. The summed E-state index contributed by atoms with van der Waals surface area (Å²) in [5, 5.41) is 3.01. The third-order valence-electron chi connectivity index (χ3n) is 5.57. The average molecular weight is 410 g/mol. The Hall–Kier alpha value is -1.44. The molecule has 1 aromatic carbocycles. The van der Waals surface area contributed by atoms with E-state index in [1.54, 1.807) is 16.4 Å². The van der Waals surface area contributed by atoms with Crippen molar-refractivity contribution >= 4 is 15.9 Å². The lowest BCUT2D eigenvalue weighted by Gasteiger charge is -2.31. The van der Waals surface area contributed by atoms with Gasteiger partial charge >= 0.3 is 0 Å². The van der Waals surface area contributed by atoms with Crippen molar-refractivity contribution in [3.63, 3.8) is 0 Å². The van der Waals surface area contributed by atoms with Crippen molar-refractivity contribution in [2.75, 3.05) is 39.3 Å². The number of benzene rings is 1. The zero-order valence-corrected chi connectivity index (χ0v) is 18.3. The quantitative estimate of drug-likeness (QED) is 0.603. The van der Waals surface area contributed by atoms with E-state index in [0.29, 0.717) is 31.0 Å². The number of hydrogen-bond acceptors (Lipinski definition) is 4. The first-order valence-corrected chi connectivity index (χ1v) is 11.9. The first-order valence-electron chi connectivity index (χ1n) is 10.4. The van der Waals surface area contributed by atoms with Gasteiger partial charge in [-0.2, -0.15) is 4.31 Å². The van der Waals surface area contributed by atoms with Gasteiger partial charge in [-0.05, 0) is 63.9 Å². The molecule has 0 bridgehead atoms. The van der Waals surface area contributed by atoms with Gasteiger partial charge in [0.15, 0.2) is 0 Å². The molecule has 0 radical (unpaired) electrons. The zero-order chi connectivity index (χ0) is 20.6. The van der Waals surface area contributed by atoms with Crippen LogP contribution in [0.15, 0.2) is 29.2 Å². The van der Waals surface area contributed by atoms with Crippen LogP contribution in [-0.4, -0.2) is 62.8 Å². The summed E-state index contributed by atoms with van der Waals surface area (Å²) in [7, 11) is -3.43. The Morgan fingerprint density at radius 2 is 1.75 bits per heavy atom. The molecule has 6 nitrogen and oxygen atoms in total. The van der Waals surface area contributed by atoms with Crippen LogP contribution in [0, 0.1) is 12.8 Å². The molecule has 1 aliphatic heterocycles. The largest absolute Gasteiger partial charge is 0.356 e. The Morgan fingerprint density at radius 3 is 2.32 bits per heavy atom. The van der Waals surface area contributed by atoms with E-state index in [1.165, 1.54) is 0 Å². The van der Waals surface area contributed by atoms with Gasteiger partial charge in [-0.3, -0.25) is 4.79 Å². The number of rotatable bonds is 10. The van der Waals surface area contributed by atoms with Crippen molar-refractivity contribution in [3.8, 4) is 0 Å². The molecule has 0 aromatic heterocycles. The monoisotopic (exact) mass is 409 g/mol. The number of nitrogens with zero attached hydrogens (tertiary/aromatic N) is 2. The fourth-order valence-electron chi connectivity index (χ4n) is 3.62. The van der Waals surface area contributed by atoms with Crippen molar-refractivity contribution in [2.24, 2.45) is 5.92 Å². The predicted octanol–water partition coefficient (Wildman–Crippen LogP) is 2.63. The minimum atomic E-state index is -3.43. The van der Waals surface area contributed by atoms with E-state index in [2.05, 4.69) is 24.1 Å². The highest BCUT2D eigenvalue weighted by Crippen LogP contribution is 2.25. The molecule has 1 saturated heterocycles. The summed E-state index contributed by atoms with van der Waals surface area (Å²) in [4.78, 5) is 14.9. The summed E-state index contributed by atoms with van der Waals surface area (Å²) in [6.07, 6.45) is 2.92. The summed E-state index contributed by atoms with van der Waals surface area (Å²) in [6.45, 7) is 11.0. The molecule has 1 amide bonds. The van der Waals surface area contributed by atoms with Gasteiger partial charge in [0.25, 0.3) is 0 Å². The first kappa shape index (κ1) is 22.8. The second-order valence-corrected chi connectivity index (χ2v) is 9.53. The number of piperidine rings is 1. The lowest BCUT2D eigenvalue weighted by molar-refractivity contribution is -0.122. The molecule has 1 aliphatic rings. The third-order valence-corrected chi connectivity index (χ3v) is 7.49. The number of amides is 1. The molecule has 1 heterocycles. The Balaban J connectivity index is 1.73. The SMILES string of the molecule is CCN(CC)CCCNC(=O)CC1CCN(S(=O)(=O)c2ccc(C)cc2)CC1. The predicted molar refractivity (Wildman–Crippen MR) is 113 cm³/mol. The van der Waals surface area contributed by atoms with Crippen molar-refractivity contribution in [3.05, 3.63) is 29.8 Å². The zero-order valence-electron chi connectivity index (χ0n) is 17.5. The maximum atomic E-state index is 12.7. The topological polar surface area (TPSA) is 69.7 Å². The third kappa shape index (κ3) is 6.57. The fourth-order valence-corrected chi connectivity index (χ4v) is 5.09. The van der Waals surface area contributed by atoms with Crippen LogP contribution in [0.5, 0.6) is 0 Å². The van der Waals surface area contributed by atoms with Gasteiger partial charge in [-0.25, -0.2) is 8.42 Å². The maximum absolute atomic E-state index is 12.7. The summed E-state index contributed by atoms with van der Waals surface area (Å²) < 4.78 is 27.0. The Bertz CT molecular complexity index is 707. The van der Waals surface area contributed by atoms with Gasteiger partial charge in [0.1, 0.15) is 0 Å². The Morgan fingerprint density at radius 1 is 1.14 bits per heavy atom. The van der Waals surface area contributed by atoms with Gasteiger partial charge in [0, 0.05) is 26.1 Å². The Labute approximate surface area is 170 Å². The van der Waals surface area contributed by atoms with E-state index < -0.39 is 10.0 Å². The minimum absolute atomic E-state index is 0.0828. The minimum Gasteiger partial charge on any atom is -0.356 e. The average Bonchev–Trinajstić information content (AvgIpc) is 2.69. The number of aryl methyl sites for hydroxylation is 1. The highest BCUT2D eigenvalue weighted by atomic mass is 32.2. The lowest BCUT2D eigenvalue weighted by atomic mass is 9.94. The van der Waals surface area contributed by atoms with E-state index in [-0.39, 0.29) is 11.8 Å². The summed E-state index contributed by atoms with van der Waals surface area (Å²) in [5.74, 6) is 0.339. The van der Waals surface area contributed by atoms with Crippen LogP contribution in [0.3, 0.4) is 0 Å². The number of carbonyl (C=O) groups excluding carboxylic acids is 1. The van der Waals surface area contributed by atoms with E-state index in [1.807, 2.05) is 19.1 Å². The molecule has 0 unspecified atom stereocenters. The van der Waals surface area contributed by atoms with Crippen LogP contribution >= 0.6 is 0 Å². The van der Waals surface area contributed by atoms with E-state index in [0.717, 1.165) is 44.5 Å². The molecule has 1 fully saturated rings. The van der Waals surface area contributed by atoms with Crippen LogP contribution in [-0.2, 0) is 14.8 Å². The number of nitrogens with one attached hydrogen (secondary N) is 1. The second-order valence-electron chi connectivity index (χ2n) is 7.60. The molecule has 0 aliphatic carbocycles. The van der Waals surface area contributed by atoms with Crippen LogP contribution in [0.4, 0.5) is 0 Å². The molecule has 7 heteroatoms. The molecule has 28 heavy (non-hydrogen) atoms. The molecular formula is C21H35N3O3S. The van der Waals surface area contributed by atoms with Crippen molar-refractivity contribution in [1.82, 2.24) is 14.5 Å². The van der Waals surface area contributed by atoms with Gasteiger partial charge in [0.05, 0.1) is 4.90 Å². The molecule has 158 valence electrons. The summed E-state index contributed by atoms with van der Waals surface area (Å²) >= 11 is 0.